The van der Waals surface area contributed by atoms with Crippen LogP contribution >= 0.6 is 0 Å². The van der Waals surface area contributed by atoms with Crippen molar-refractivity contribution in [1.29, 1.82) is 0 Å². The van der Waals surface area contributed by atoms with E-state index in [4.69, 9.17) is 4.42 Å². The fraction of sp³-hybridized carbons (Fsp3) is 0.417. The lowest BCUT2D eigenvalue weighted by atomic mass is 9.90. The van der Waals surface area contributed by atoms with Crippen molar-refractivity contribution in [3.63, 3.8) is 0 Å². The van der Waals surface area contributed by atoms with E-state index in [1.807, 2.05) is 12.2 Å². The summed E-state index contributed by atoms with van der Waals surface area (Å²) in [4.78, 5) is 11.6. The quantitative estimate of drug-likeness (QED) is 0.718. The molecule has 0 saturated heterocycles. The predicted molar refractivity (Wildman–Crippen MR) is 57.1 cm³/mol. The van der Waals surface area contributed by atoms with Crippen molar-refractivity contribution in [2.75, 3.05) is 0 Å². The highest BCUT2D eigenvalue weighted by molar-refractivity contribution is 5.35. The van der Waals surface area contributed by atoms with Crippen molar-refractivity contribution in [2.24, 2.45) is 0 Å². The van der Waals surface area contributed by atoms with E-state index >= 15 is 0 Å². The van der Waals surface area contributed by atoms with Gasteiger partial charge in [0.25, 0.3) is 0 Å². The standard InChI is InChI=1S/C12H14O3/c1-8-7-10(13)11(12(14)15-8)9-5-3-2-4-6-9/h3,5,7,9,13H,2,4,6H2,1H3. The van der Waals surface area contributed by atoms with Crippen molar-refractivity contribution in [2.45, 2.75) is 32.1 Å². The summed E-state index contributed by atoms with van der Waals surface area (Å²) in [7, 11) is 0. The first-order valence-electron chi connectivity index (χ1n) is 5.19. The highest BCUT2D eigenvalue weighted by atomic mass is 16.4. The van der Waals surface area contributed by atoms with E-state index in [1.54, 1.807) is 6.92 Å². The molecule has 1 atom stereocenters. The Kier molecular flexibility index (Phi) is 2.62. The van der Waals surface area contributed by atoms with Crippen LogP contribution in [0.3, 0.4) is 0 Å². The van der Waals surface area contributed by atoms with E-state index in [-0.39, 0.29) is 11.7 Å². The highest BCUT2D eigenvalue weighted by Gasteiger charge is 2.19. The summed E-state index contributed by atoms with van der Waals surface area (Å²) in [6.45, 7) is 1.65. The van der Waals surface area contributed by atoms with Gasteiger partial charge in [-0.2, -0.15) is 0 Å². The molecule has 1 unspecified atom stereocenters. The van der Waals surface area contributed by atoms with E-state index in [2.05, 4.69) is 0 Å². The van der Waals surface area contributed by atoms with Gasteiger partial charge in [-0.3, -0.25) is 0 Å². The first-order valence-corrected chi connectivity index (χ1v) is 5.19. The van der Waals surface area contributed by atoms with Gasteiger partial charge in [0.2, 0.25) is 0 Å². The molecule has 0 aliphatic heterocycles. The van der Waals surface area contributed by atoms with Crippen molar-refractivity contribution >= 4 is 0 Å². The van der Waals surface area contributed by atoms with Crippen LogP contribution in [0.1, 0.15) is 36.5 Å². The summed E-state index contributed by atoms with van der Waals surface area (Å²) in [6.07, 6.45) is 7.03. The molecule has 1 N–H and O–H groups in total. The van der Waals surface area contributed by atoms with E-state index in [9.17, 15) is 9.90 Å². The summed E-state index contributed by atoms with van der Waals surface area (Å²) in [5.41, 5.74) is -0.0133. The number of aromatic hydroxyl groups is 1. The van der Waals surface area contributed by atoms with E-state index < -0.39 is 5.63 Å². The molecular formula is C12H14O3. The molecule has 0 radical (unpaired) electrons. The van der Waals surface area contributed by atoms with Gasteiger partial charge in [0.05, 0.1) is 5.56 Å². The van der Waals surface area contributed by atoms with E-state index in [0.29, 0.717) is 11.3 Å². The molecular weight excluding hydrogens is 192 g/mol. The number of hydrogen-bond acceptors (Lipinski definition) is 3. The molecule has 3 nitrogen and oxygen atoms in total. The average Bonchev–Trinajstić information content (AvgIpc) is 2.17. The first-order chi connectivity index (χ1) is 7.18. The van der Waals surface area contributed by atoms with Gasteiger partial charge in [0.15, 0.2) is 0 Å². The zero-order valence-corrected chi connectivity index (χ0v) is 8.69. The van der Waals surface area contributed by atoms with Gasteiger partial charge >= 0.3 is 5.63 Å². The Labute approximate surface area is 88.1 Å². The van der Waals surface area contributed by atoms with Crippen LogP contribution in [0.5, 0.6) is 5.75 Å². The van der Waals surface area contributed by atoms with Crippen molar-refractivity contribution in [1.82, 2.24) is 0 Å². The smallest absolute Gasteiger partial charge is 0.343 e. The Morgan fingerprint density at radius 2 is 2.33 bits per heavy atom. The van der Waals surface area contributed by atoms with Gasteiger partial charge in [0, 0.05) is 12.0 Å². The monoisotopic (exact) mass is 206 g/mol. The van der Waals surface area contributed by atoms with Crippen LogP contribution in [0.15, 0.2) is 27.4 Å². The molecule has 0 aromatic carbocycles. The van der Waals surface area contributed by atoms with Crippen LogP contribution in [0.4, 0.5) is 0 Å². The SMILES string of the molecule is Cc1cc(O)c(C2C=CCCC2)c(=O)o1. The number of allylic oxidation sites excluding steroid dienone is 2. The largest absolute Gasteiger partial charge is 0.507 e. The summed E-state index contributed by atoms with van der Waals surface area (Å²) < 4.78 is 4.99. The molecule has 2 rings (SSSR count). The summed E-state index contributed by atoms with van der Waals surface area (Å²) in [5, 5.41) is 9.73. The second kappa shape index (κ2) is 3.93. The predicted octanol–water partition coefficient (Wildman–Crippen LogP) is 2.48. The molecule has 1 aromatic rings. The third kappa shape index (κ3) is 1.96. The lowest BCUT2D eigenvalue weighted by Gasteiger charge is -2.16. The van der Waals surface area contributed by atoms with Crippen LogP contribution in [0, 0.1) is 6.92 Å². The normalized spacial score (nSPS) is 20.5. The number of rotatable bonds is 1. The fourth-order valence-corrected chi connectivity index (χ4v) is 2.00. The molecule has 0 spiro atoms. The minimum Gasteiger partial charge on any atom is -0.507 e. The molecule has 1 aromatic heterocycles. The molecule has 1 aliphatic rings. The Hall–Kier alpha value is -1.51. The maximum atomic E-state index is 11.6. The zero-order chi connectivity index (χ0) is 10.8. The van der Waals surface area contributed by atoms with Crippen molar-refractivity contribution in [3.8, 4) is 5.75 Å². The molecule has 0 saturated carbocycles. The Morgan fingerprint density at radius 1 is 1.53 bits per heavy atom. The van der Waals surface area contributed by atoms with Crippen LogP contribution in [0.2, 0.25) is 0 Å². The highest BCUT2D eigenvalue weighted by Crippen LogP contribution is 2.31. The number of hydrogen-bond donors (Lipinski definition) is 1. The van der Waals surface area contributed by atoms with Gasteiger partial charge in [-0.25, -0.2) is 4.79 Å². The van der Waals surface area contributed by atoms with Gasteiger partial charge < -0.3 is 9.52 Å². The lowest BCUT2D eigenvalue weighted by molar-refractivity contribution is 0.414. The van der Waals surface area contributed by atoms with Gasteiger partial charge in [0.1, 0.15) is 11.5 Å². The Morgan fingerprint density at radius 3 is 2.93 bits per heavy atom. The molecule has 1 heterocycles. The number of aryl methyl sites for hydroxylation is 1. The first kappa shape index (κ1) is 10.0. The lowest BCUT2D eigenvalue weighted by Crippen LogP contribution is -2.13. The second-order valence-electron chi connectivity index (χ2n) is 3.91. The van der Waals surface area contributed by atoms with Crippen LogP contribution < -0.4 is 5.63 Å². The minimum absolute atomic E-state index is 0.00981. The fourth-order valence-electron chi connectivity index (χ4n) is 2.00. The van der Waals surface area contributed by atoms with Gasteiger partial charge in [-0.15, -0.1) is 0 Å². The van der Waals surface area contributed by atoms with Crippen LogP contribution in [-0.4, -0.2) is 5.11 Å². The molecule has 1 aliphatic carbocycles. The van der Waals surface area contributed by atoms with E-state index in [0.717, 1.165) is 19.3 Å². The molecule has 0 bridgehead atoms. The van der Waals surface area contributed by atoms with Crippen LogP contribution in [0.25, 0.3) is 0 Å². The third-order valence-electron chi connectivity index (χ3n) is 2.71. The van der Waals surface area contributed by atoms with Gasteiger partial charge in [-0.1, -0.05) is 12.2 Å². The second-order valence-corrected chi connectivity index (χ2v) is 3.91. The Balaban J connectivity index is 2.47. The maximum absolute atomic E-state index is 11.6. The maximum Gasteiger partial charge on any atom is 0.343 e. The molecule has 80 valence electrons. The Bertz CT molecular complexity index is 443. The van der Waals surface area contributed by atoms with Crippen molar-refractivity contribution in [3.05, 3.63) is 40.0 Å². The minimum atomic E-state index is -0.413. The summed E-state index contributed by atoms with van der Waals surface area (Å²) >= 11 is 0. The van der Waals surface area contributed by atoms with Crippen LogP contribution in [-0.2, 0) is 0 Å². The third-order valence-corrected chi connectivity index (χ3v) is 2.71. The van der Waals surface area contributed by atoms with Gasteiger partial charge in [-0.05, 0) is 26.2 Å². The van der Waals surface area contributed by atoms with Crippen molar-refractivity contribution < 1.29 is 9.52 Å². The molecule has 0 fully saturated rings. The molecule has 15 heavy (non-hydrogen) atoms. The zero-order valence-electron chi connectivity index (χ0n) is 8.69. The topological polar surface area (TPSA) is 50.4 Å². The molecule has 0 amide bonds. The summed E-state index contributed by atoms with van der Waals surface area (Å²) in [6, 6.07) is 1.50. The summed E-state index contributed by atoms with van der Waals surface area (Å²) in [5.74, 6) is 0.511. The van der Waals surface area contributed by atoms with E-state index in [1.165, 1.54) is 6.07 Å². The molecule has 3 heteroatoms. The average molecular weight is 206 g/mol.